The van der Waals surface area contributed by atoms with Gasteiger partial charge in [0.15, 0.2) is 0 Å². The van der Waals surface area contributed by atoms with Crippen molar-refractivity contribution in [1.82, 2.24) is 9.80 Å². The Morgan fingerprint density at radius 1 is 1.29 bits per heavy atom. The lowest BCUT2D eigenvalue weighted by molar-refractivity contribution is -0.116. The van der Waals surface area contributed by atoms with Crippen LogP contribution in [0.25, 0.3) is 0 Å². The van der Waals surface area contributed by atoms with E-state index in [2.05, 4.69) is 24.2 Å². The highest BCUT2D eigenvalue weighted by atomic mass is 16.2. The van der Waals surface area contributed by atoms with E-state index in [-0.39, 0.29) is 11.8 Å². The van der Waals surface area contributed by atoms with Crippen molar-refractivity contribution in [3.63, 3.8) is 0 Å². The lowest BCUT2D eigenvalue weighted by atomic mass is 9.99. The van der Waals surface area contributed by atoms with Crippen LogP contribution in [0.15, 0.2) is 18.2 Å². The van der Waals surface area contributed by atoms with Crippen LogP contribution < -0.4 is 5.32 Å². The average molecular weight is 287 g/mol. The largest absolute Gasteiger partial charge is 0.336 e. The van der Waals surface area contributed by atoms with Gasteiger partial charge in [-0.25, -0.2) is 0 Å². The third-order valence-electron chi connectivity index (χ3n) is 4.49. The minimum absolute atomic E-state index is 0.0504. The molecule has 0 saturated carbocycles. The van der Waals surface area contributed by atoms with Crippen LogP contribution in [0.5, 0.6) is 0 Å². The molecule has 1 aromatic carbocycles. The second-order valence-electron chi connectivity index (χ2n) is 6.00. The molecule has 1 saturated heterocycles. The standard InChI is InChI=1S/C16H21N3O2/c1-11-10-19(8-7-18(11)2)16(21)13-3-5-14-12(9-13)4-6-15(20)17-14/h3,5,9,11H,4,6-8,10H2,1-2H3,(H,17,20). The summed E-state index contributed by atoms with van der Waals surface area (Å²) in [4.78, 5) is 28.2. The molecular weight excluding hydrogens is 266 g/mol. The molecule has 3 rings (SSSR count). The molecule has 21 heavy (non-hydrogen) atoms. The smallest absolute Gasteiger partial charge is 0.253 e. The number of nitrogens with one attached hydrogen (secondary N) is 1. The lowest BCUT2D eigenvalue weighted by Crippen LogP contribution is -2.52. The number of nitrogens with zero attached hydrogens (tertiary/aromatic N) is 2. The topological polar surface area (TPSA) is 52.7 Å². The summed E-state index contributed by atoms with van der Waals surface area (Å²) >= 11 is 0. The minimum atomic E-state index is 0.0504. The van der Waals surface area contributed by atoms with E-state index < -0.39 is 0 Å². The van der Waals surface area contributed by atoms with Gasteiger partial charge in [0, 0.05) is 43.3 Å². The number of benzene rings is 1. The number of hydrogen-bond acceptors (Lipinski definition) is 3. The second-order valence-corrected chi connectivity index (χ2v) is 6.00. The molecule has 2 aliphatic rings. The van der Waals surface area contributed by atoms with Crippen molar-refractivity contribution in [2.75, 3.05) is 32.0 Å². The van der Waals surface area contributed by atoms with Crippen molar-refractivity contribution in [1.29, 1.82) is 0 Å². The number of rotatable bonds is 1. The van der Waals surface area contributed by atoms with Crippen LogP contribution in [-0.2, 0) is 11.2 Å². The number of carbonyl (C=O) groups excluding carboxylic acids is 2. The van der Waals surface area contributed by atoms with Gasteiger partial charge in [0.1, 0.15) is 0 Å². The first-order valence-electron chi connectivity index (χ1n) is 7.47. The van der Waals surface area contributed by atoms with E-state index in [1.165, 1.54) is 0 Å². The van der Waals surface area contributed by atoms with Gasteiger partial charge in [-0.1, -0.05) is 0 Å². The molecule has 0 radical (unpaired) electrons. The van der Waals surface area contributed by atoms with E-state index in [9.17, 15) is 9.59 Å². The Kier molecular flexibility index (Phi) is 3.68. The summed E-state index contributed by atoms with van der Waals surface area (Å²) in [5.74, 6) is 0.143. The van der Waals surface area contributed by atoms with Crippen molar-refractivity contribution >= 4 is 17.5 Å². The first-order chi connectivity index (χ1) is 10.0. The Bertz CT molecular complexity index is 585. The Morgan fingerprint density at radius 3 is 2.86 bits per heavy atom. The number of anilines is 1. The molecule has 1 unspecified atom stereocenters. The van der Waals surface area contributed by atoms with E-state index in [1.54, 1.807) is 0 Å². The van der Waals surface area contributed by atoms with Crippen molar-refractivity contribution in [3.8, 4) is 0 Å². The Labute approximate surface area is 124 Å². The first kappa shape index (κ1) is 14.1. The van der Waals surface area contributed by atoms with E-state index in [0.29, 0.717) is 18.9 Å². The highest BCUT2D eigenvalue weighted by Gasteiger charge is 2.26. The van der Waals surface area contributed by atoms with Crippen LogP contribution in [-0.4, -0.2) is 54.3 Å². The molecule has 2 heterocycles. The Hall–Kier alpha value is -1.88. The van der Waals surface area contributed by atoms with Gasteiger partial charge in [0.05, 0.1) is 0 Å². The molecule has 0 bridgehead atoms. The molecule has 0 aromatic heterocycles. The van der Waals surface area contributed by atoms with Gasteiger partial charge in [0.2, 0.25) is 5.91 Å². The van der Waals surface area contributed by atoms with Crippen molar-refractivity contribution in [3.05, 3.63) is 29.3 Å². The van der Waals surface area contributed by atoms with E-state index >= 15 is 0 Å². The monoisotopic (exact) mass is 287 g/mol. The molecule has 5 heteroatoms. The van der Waals surface area contributed by atoms with Crippen LogP contribution in [0.1, 0.15) is 29.3 Å². The summed E-state index contributed by atoms with van der Waals surface area (Å²) in [6, 6.07) is 5.98. The lowest BCUT2D eigenvalue weighted by Gasteiger charge is -2.37. The zero-order chi connectivity index (χ0) is 15.0. The first-order valence-corrected chi connectivity index (χ1v) is 7.47. The van der Waals surface area contributed by atoms with Gasteiger partial charge in [-0.05, 0) is 44.2 Å². The van der Waals surface area contributed by atoms with Crippen molar-refractivity contribution in [2.24, 2.45) is 0 Å². The number of carbonyl (C=O) groups is 2. The summed E-state index contributed by atoms with van der Waals surface area (Å²) in [5, 5.41) is 2.85. The molecule has 1 N–H and O–H groups in total. The van der Waals surface area contributed by atoms with E-state index in [1.807, 2.05) is 23.1 Å². The zero-order valence-electron chi connectivity index (χ0n) is 12.6. The van der Waals surface area contributed by atoms with Gasteiger partial charge in [-0.15, -0.1) is 0 Å². The minimum Gasteiger partial charge on any atom is -0.336 e. The van der Waals surface area contributed by atoms with Gasteiger partial charge in [-0.2, -0.15) is 0 Å². The summed E-state index contributed by atoms with van der Waals surface area (Å²) in [6.07, 6.45) is 1.21. The van der Waals surface area contributed by atoms with Crippen molar-refractivity contribution in [2.45, 2.75) is 25.8 Å². The summed E-state index contributed by atoms with van der Waals surface area (Å²) in [5.41, 5.74) is 2.62. The Balaban J connectivity index is 1.78. The molecule has 5 nitrogen and oxygen atoms in total. The molecule has 1 fully saturated rings. The van der Waals surface area contributed by atoms with E-state index in [0.717, 1.165) is 36.4 Å². The van der Waals surface area contributed by atoms with Crippen LogP contribution in [0, 0.1) is 0 Å². The average Bonchev–Trinajstić information content (AvgIpc) is 2.49. The van der Waals surface area contributed by atoms with Gasteiger partial charge < -0.3 is 15.1 Å². The number of likely N-dealkylation sites (N-methyl/N-ethyl adjacent to an activating group) is 1. The predicted octanol–water partition coefficient (Wildman–Crippen LogP) is 1.35. The van der Waals surface area contributed by atoms with Crippen LogP contribution in [0.2, 0.25) is 0 Å². The Morgan fingerprint density at radius 2 is 2.10 bits per heavy atom. The number of amides is 2. The van der Waals surface area contributed by atoms with Gasteiger partial charge in [0.25, 0.3) is 5.91 Å². The maximum absolute atomic E-state index is 12.6. The van der Waals surface area contributed by atoms with Crippen LogP contribution >= 0.6 is 0 Å². The molecule has 0 aliphatic carbocycles. The maximum atomic E-state index is 12.6. The van der Waals surface area contributed by atoms with Gasteiger partial charge in [-0.3, -0.25) is 9.59 Å². The third-order valence-corrected chi connectivity index (χ3v) is 4.49. The van der Waals surface area contributed by atoms with Crippen LogP contribution in [0.3, 0.4) is 0 Å². The highest BCUT2D eigenvalue weighted by molar-refractivity contribution is 5.98. The van der Waals surface area contributed by atoms with E-state index in [4.69, 9.17) is 0 Å². The summed E-state index contributed by atoms with van der Waals surface area (Å²) in [7, 11) is 2.09. The fourth-order valence-corrected chi connectivity index (χ4v) is 2.93. The molecule has 1 atom stereocenters. The number of fused-ring (bicyclic) bond motifs is 1. The number of piperazine rings is 1. The molecule has 0 spiro atoms. The van der Waals surface area contributed by atoms with Gasteiger partial charge >= 0.3 is 0 Å². The predicted molar refractivity (Wildman–Crippen MR) is 81.4 cm³/mol. The fraction of sp³-hybridized carbons (Fsp3) is 0.500. The molecule has 112 valence electrons. The molecule has 1 aromatic rings. The maximum Gasteiger partial charge on any atom is 0.253 e. The second kappa shape index (κ2) is 5.48. The fourth-order valence-electron chi connectivity index (χ4n) is 2.93. The molecular formula is C16H21N3O2. The highest BCUT2D eigenvalue weighted by Crippen LogP contribution is 2.24. The zero-order valence-corrected chi connectivity index (χ0v) is 12.6. The summed E-state index contributed by atoms with van der Waals surface area (Å²) < 4.78 is 0. The third kappa shape index (κ3) is 2.78. The molecule has 2 aliphatic heterocycles. The summed E-state index contributed by atoms with van der Waals surface area (Å²) in [6.45, 7) is 4.59. The SMILES string of the molecule is CC1CN(C(=O)c2ccc3c(c2)CCC(=O)N3)CCN1C. The number of aryl methyl sites for hydroxylation is 1. The number of hydrogen-bond donors (Lipinski definition) is 1. The quantitative estimate of drug-likeness (QED) is 0.848. The normalized spacial score (nSPS) is 22.7. The van der Waals surface area contributed by atoms with Crippen LogP contribution in [0.4, 0.5) is 5.69 Å². The van der Waals surface area contributed by atoms with Crippen molar-refractivity contribution < 1.29 is 9.59 Å². The molecule has 2 amide bonds.